The molecular weight excluding hydrogens is 192 g/mol. The van der Waals surface area contributed by atoms with Gasteiger partial charge in [-0.2, -0.15) is 0 Å². The Hall–Kier alpha value is -0.440. The minimum atomic E-state index is 0.132. The summed E-state index contributed by atoms with van der Waals surface area (Å²) in [6.45, 7) is 13.2. The van der Waals surface area contributed by atoms with Crippen molar-refractivity contribution in [3.8, 4) is 0 Å². The van der Waals surface area contributed by atoms with E-state index in [1.807, 2.05) is 0 Å². The Morgan fingerprint density at radius 2 is 1.64 bits per heavy atom. The molecule has 0 amide bonds. The topological polar surface area (TPSA) is 25.8 Å². The monoisotopic (exact) mass is 212 g/mol. The number of aromatic nitrogens is 2. The fourth-order valence-corrected chi connectivity index (χ4v) is 2.13. The molecule has 0 saturated carbocycles. The van der Waals surface area contributed by atoms with Gasteiger partial charge in [0, 0.05) is 11.3 Å². The second-order valence-corrected chi connectivity index (χ2v) is 6.24. The van der Waals surface area contributed by atoms with Crippen molar-refractivity contribution in [2.24, 2.45) is 5.92 Å². The molecule has 0 unspecified atom stereocenters. The fraction of sp³-hybridized carbons (Fsp3) is 0.818. The zero-order chi connectivity index (χ0) is 10.9. The van der Waals surface area contributed by atoms with E-state index < -0.39 is 0 Å². The molecule has 1 atom stereocenters. The summed E-state index contributed by atoms with van der Waals surface area (Å²) in [6.07, 6.45) is 0. The SMILES string of the molecule is CC(C)[C@@H](C)c1nnc(C(C)(C)C)s1. The summed E-state index contributed by atoms with van der Waals surface area (Å²) >= 11 is 1.75. The first kappa shape index (κ1) is 11.6. The smallest absolute Gasteiger partial charge is 0.122 e. The predicted molar refractivity (Wildman–Crippen MR) is 61.9 cm³/mol. The second-order valence-electron chi connectivity index (χ2n) is 5.23. The molecule has 80 valence electrons. The van der Waals surface area contributed by atoms with Crippen LogP contribution in [-0.2, 0) is 5.41 Å². The van der Waals surface area contributed by atoms with E-state index in [1.165, 1.54) is 5.01 Å². The predicted octanol–water partition coefficient (Wildman–Crippen LogP) is 3.60. The van der Waals surface area contributed by atoms with Gasteiger partial charge >= 0.3 is 0 Å². The van der Waals surface area contributed by atoms with Crippen molar-refractivity contribution >= 4 is 11.3 Å². The van der Waals surface area contributed by atoms with Gasteiger partial charge < -0.3 is 0 Å². The van der Waals surface area contributed by atoms with Crippen LogP contribution in [0.1, 0.15) is 57.5 Å². The molecule has 1 heterocycles. The van der Waals surface area contributed by atoms with Gasteiger partial charge in [0.1, 0.15) is 10.0 Å². The van der Waals surface area contributed by atoms with Gasteiger partial charge in [0.25, 0.3) is 0 Å². The highest BCUT2D eigenvalue weighted by Gasteiger charge is 2.22. The number of nitrogens with zero attached hydrogens (tertiary/aromatic N) is 2. The van der Waals surface area contributed by atoms with E-state index >= 15 is 0 Å². The molecule has 0 saturated heterocycles. The van der Waals surface area contributed by atoms with Crippen LogP contribution in [-0.4, -0.2) is 10.2 Å². The van der Waals surface area contributed by atoms with Crippen molar-refractivity contribution in [1.29, 1.82) is 0 Å². The molecule has 0 aliphatic carbocycles. The molecule has 14 heavy (non-hydrogen) atoms. The van der Waals surface area contributed by atoms with E-state index in [4.69, 9.17) is 0 Å². The highest BCUT2D eigenvalue weighted by atomic mass is 32.1. The first-order valence-electron chi connectivity index (χ1n) is 5.16. The first-order valence-corrected chi connectivity index (χ1v) is 5.98. The quantitative estimate of drug-likeness (QED) is 0.748. The molecule has 2 nitrogen and oxygen atoms in total. The van der Waals surface area contributed by atoms with Crippen LogP contribution >= 0.6 is 11.3 Å². The average Bonchev–Trinajstić information content (AvgIpc) is 2.49. The molecular formula is C11H20N2S. The summed E-state index contributed by atoms with van der Waals surface area (Å²) in [5, 5.41) is 10.8. The molecule has 0 N–H and O–H groups in total. The van der Waals surface area contributed by atoms with E-state index in [1.54, 1.807) is 11.3 Å². The Morgan fingerprint density at radius 3 is 2.00 bits per heavy atom. The highest BCUT2D eigenvalue weighted by Crippen LogP contribution is 2.31. The maximum atomic E-state index is 4.27. The zero-order valence-electron chi connectivity index (χ0n) is 9.96. The minimum Gasteiger partial charge on any atom is -0.143 e. The molecule has 0 bridgehead atoms. The van der Waals surface area contributed by atoms with Crippen molar-refractivity contribution in [1.82, 2.24) is 10.2 Å². The first-order chi connectivity index (χ1) is 6.32. The van der Waals surface area contributed by atoms with Crippen LogP contribution in [0.4, 0.5) is 0 Å². The lowest BCUT2D eigenvalue weighted by atomic mass is 9.98. The van der Waals surface area contributed by atoms with Crippen LogP contribution in [0.2, 0.25) is 0 Å². The molecule has 0 aliphatic heterocycles. The molecule has 3 heteroatoms. The Balaban J connectivity index is 2.89. The van der Waals surface area contributed by atoms with Crippen LogP contribution in [0.3, 0.4) is 0 Å². The Morgan fingerprint density at radius 1 is 1.07 bits per heavy atom. The van der Waals surface area contributed by atoms with Crippen LogP contribution in [0.15, 0.2) is 0 Å². The van der Waals surface area contributed by atoms with Crippen molar-refractivity contribution in [2.45, 2.75) is 52.9 Å². The van der Waals surface area contributed by atoms with Gasteiger partial charge in [-0.05, 0) is 5.92 Å². The highest BCUT2D eigenvalue weighted by molar-refractivity contribution is 7.11. The molecule has 0 spiro atoms. The van der Waals surface area contributed by atoms with E-state index in [0.717, 1.165) is 5.01 Å². The number of rotatable bonds is 2. The molecule has 0 aliphatic rings. The van der Waals surface area contributed by atoms with Crippen molar-refractivity contribution in [3.05, 3.63) is 10.0 Å². The van der Waals surface area contributed by atoms with Gasteiger partial charge in [0.15, 0.2) is 0 Å². The molecule has 1 aromatic rings. The Kier molecular flexibility index (Phi) is 3.30. The van der Waals surface area contributed by atoms with Crippen LogP contribution < -0.4 is 0 Å². The van der Waals surface area contributed by atoms with Crippen molar-refractivity contribution in [3.63, 3.8) is 0 Å². The molecule has 1 aromatic heterocycles. The van der Waals surface area contributed by atoms with Gasteiger partial charge in [-0.1, -0.05) is 41.5 Å². The Bertz CT molecular complexity index is 296. The third-order valence-electron chi connectivity index (χ3n) is 2.47. The fourth-order valence-electron chi connectivity index (χ4n) is 1.01. The van der Waals surface area contributed by atoms with Crippen LogP contribution in [0.25, 0.3) is 0 Å². The summed E-state index contributed by atoms with van der Waals surface area (Å²) in [7, 11) is 0. The summed E-state index contributed by atoms with van der Waals surface area (Å²) in [5.74, 6) is 1.15. The molecule has 1 rings (SSSR count). The standard InChI is InChI=1S/C11H20N2S/c1-7(2)8(3)9-12-13-10(14-9)11(4,5)6/h7-8H,1-6H3/t8-/m1/s1. The third kappa shape index (κ3) is 2.53. The number of hydrogen-bond acceptors (Lipinski definition) is 3. The van der Waals surface area contributed by atoms with E-state index in [2.05, 4.69) is 51.7 Å². The normalized spacial score (nSPS) is 14.8. The van der Waals surface area contributed by atoms with Gasteiger partial charge in [-0.15, -0.1) is 21.5 Å². The van der Waals surface area contributed by atoms with Gasteiger partial charge in [-0.25, -0.2) is 0 Å². The average molecular weight is 212 g/mol. The summed E-state index contributed by atoms with van der Waals surface area (Å²) in [6, 6.07) is 0. The summed E-state index contributed by atoms with van der Waals surface area (Å²) in [4.78, 5) is 0. The van der Waals surface area contributed by atoms with E-state index in [9.17, 15) is 0 Å². The van der Waals surface area contributed by atoms with Crippen LogP contribution in [0.5, 0.6) is 0 Å². The molecule has 0 radical (unpaired) electrons. The molecule has 0 aromatic carbocycles. The molecule has 0 fully saturated rings. The van der Waals surface area contributed by atoms with E-state index in [-0.39, 0.29) is 5.41 Å². The van der Waals surface area contributed by atoms with Gasteiger partial charge in [-0.3, -0.25) is 0 Å². The van der Waals surface area contributed by atoms with Crippen LogP contribution in [0, 0.1) is 5.92 Å². The zero-order valence-corrected chi connectivity index (χ0v) is 10.8. The third-order valence-corrected chi connectivity index (χ3v) is 4.02. The largest absolute Gasteiger partial charge is 0.143 e. The van der Waals surface area contributed by atoms with E-state index in [0.29, 0.717) is 11.8 Å². The summed E-state index contributed by atoms with van der Waals surface area (Å²) in [5.41, 5.74) is 0.132. The van der Waals surface area contributed by atoms with Crippen molar-refractivity contribution in [2.75, 3.05) is 0 Å². The maximum absolute atomic E-state index is 4.27. The van der Waals surface area contributed by atoms with Crippen molar-refractivity contribution < 1.29 is 0 Å². The second kappa shape index (κ2) is 3.97. The number of hydrogen-bond donors (Lipinski definition) is 0. The van der Waals surface area contributed by atoms with Gasteiger partial charge in [0.05, 0.1) is 0 Å². The minimum absolute atomic E-state index is 0.132. The van der Waals surface area contributed by atoms with Gasteiger partial charge in [0.2, 0.25) is 0 Å². The lowest BCUT2D eigenvalue weighted by molar-refractivity contribution is 0.527. The maximum Gasteiger partial charge on any atom is 0.122 e. The Labute approximate surface area is 90.8 Å². The lowest BCUT2D eigenvalue weighted by Crippen LogP contribution is -2.10. The lowest BCUT2D eigenvalue weighted by Gasteiger charge is -2.13. The summed E-state index contributed by atoms with van der Waals surface area (Å²) < 4.78 is 0.